The number of likely N-dealkylation sites (tertiary alicyclic amines) is 1. The van der Waals surface area contributed by atoms with Gasteiger partial charge in [-0.25, -0.2) is 0 Å². The van der Waals surface area contributed by atoms with Crippen LogP contribution in [0.2, 0.25) is 0 Å². The molecule has 7 nitrogen and oxygen atoms in total. The van der Waals surface area contributed by atoms with Gasteiger partial charge in [0.1, 0.15) is 5.75 Å². The van der Waals surface area contributed by atoms with E-state index < -0.39 is 11.4 Å². The summed E-state index contributed by atoms with van der Waals surface area (Å²) in [5.41, 5.74) is 1.58. The fourth-order valence-corrected chi connectivity index (χ4v) is 4.75. The molecule has 30 heavy (non-hydrogen) atoms. The van der Waals surface area contributed by atoms with Gasteiger partial charge in [-0.15, -0.1) is 24.8 Å². The van der Waals surface area contributed by atoms with Crippen LogP contribution in [0, 0.1) is 5.41 Å². The summed E-state index contributed by atoms with van der Waals surface area (Å²) in [5, 5.41) is 17.7. The van der Waals surface area contributed by atoms with Gasteiger partial charge in [0, 0.05) is 43.6 Å². The van der Waals surface area contributed by atoms with Crippen LogP contribution in [0.15, 0.2) is 36.7 Å². The smallest absolute Gasteiger partial charge is 0.312 e. The summed E-state index contributed by atoms with van der Waals surface area (Å²) in [4.78, 5) is 14.4. The Morgan fingerprint density at radius 1 is 1.37 bits per heavy atom. The van der Waals surface area contributed by atoms with Crippen LogP contribution in [0.25, 0.3) is 0 Å². The number of piperidine rings is 2. The van der Waals surface area contributed by atoms with Crippen molar-refractivity contribution in [1.29, 1.82) is 0 Å². The highest BCUT2D eigenvalue weighted by atomic mass is 35.5. The van der Waals surface area contributed by atoms with Crippen molar-refractivity contribution < 1.29 is 14.6 Å². The van der Waals surface area contributed by atoms with Crippen molar-refractivity contribution >= 4 is 30.8 Å². The number of carboxylic acids is 1. The number of nitrogens with zero attached hydrogens (tertiary/aromatic N) is 3. The maximum atomic E-state index is 12.1. The average molecular weight is 457 g/mol. The lowest BCUT2D eigenvalue weighted by Gasteiger charge is -2.48. The van der Waals surface area contributed by atoms with Crippen LogP contribution < -0.4 is 10.1 Å². The standard InChI is InChI=1S/C21H28N4O3.2ClH/c1-28-18-5-4-16(12-17(18)14-25-10-3-9-23-25)13-24-11-6-19-21(15-24,20(26)27)7-2-8-22-19;;/h3-5,9-10,12,19,22H,2,6-8,11,13-15H2,1H3,(H,26,27);2*1H/t19-,21+;;/m1../s1. The predicted molar refractivity (Wildman–Crippen MR) is 120 cm³/mol. The highest BCUT2D eigenvalue weighted by molar-refractivity contribution is 5.85. The zero-order chi connectivity index (χ0) is 19.6. The number of halogens is 2. The number of ether oxygens (including phenoxy) is 1. The van der Waals surface area contributed by atoms with Gasteiger partial charge < -0.3 is 15.2 Å². The molecule has 0 spiro atoms. The number of carboxylic acid groups (broad SMARTS) is 1. The first-order valence-corrected chi connectivity index (χ1v) is 9.93. The molecule has 4 rings (SSSR count). The van der Waals surface area contributed by atoms with Gasteiger partial charge in [0.25, 0.3) is 0 Å². The summed E-state index contributed by atoms with van der Waals surface area (Å²) in [5.74, 6) is 0.181. The number of rotatable bonds is 6. The number of hydrogen-bond acceptors (Lipinski definition) is 5. The Kier molecular flexibility index (Phi) is 8.55. The quantitative estimate of drug-likeness (QED) is 0.695. The molecule has 0 saturated carbocycles. The Labute approximate surface area is 189 Å². The van der Waals surface area contributed by atoms with E-state index >= 15 is 0 Å². The highest BCUT2D eigenvalue weighted by Crippen LogP contribution is 2.38. The number of methoxy groups -OCH3 is 1. The number of hydrogen-bond donors (Lipinski definition) is 2. The Morgan fingerprint density at radius 2 is 2.20 bits per heavy atom. The van der Waals surface area contributed by atoms with Gasteiger partial charge in [-0.05, 0) is 49.6 Å². The Hall–Kier alpha value is -1.80. The summed E-state index contributed by atoms with van der Waals surface area (Å²) in [6.45, 7) is 3.83. The van der Waals surface area contributed by atoms with E-state index in [2.05, 4.69) is 27.4 Å². The Balaban J connectivity index is 0.00000160. The van der Waals surface area contributed by atoms with E-state index in [9.17, 15) is 9.90 Å². The largest absolute Gasteiger partial charge is 0.496 e. The van der Waals surface area contributed by atoms with Gasteiger partial charge in [-0.2, -0.15) is 5.10 Å². The summed E-state index contributed by atoms with van der Waals surface area (Å²) in [6.07, 6.45) is 6.26. The third kappa shape index (κ3) is 4.91. The number of carbonyl (C=O) groups is 1. The molecule has 1 aromatic heterocycles. The first-order valence-electron chi connectivity index (χ1n) is 9.93. The van der Waals surface area contributed by atoms with E-state index in [1.807, 2.05) is 23.0 Å². The molecule has 2 aliphatic rings. The molecule has 9 heteroatoms. The Morgan fingerprint density at radius 3 is 2.90 bits per heavy atom. The van der Waals surface area contributed by atoms with Crippen molar-refractivity contribution in [3.05, 3.63) is 47.8 Å². The Bertz CT molecular complexity index is 834. The molecule has 2 aromatic rings. The predicted octanol–water partition coefficient (Wildman–Crippen LogP) is 2.81. The lowest BCUT2D eigenvalue weighted by molar-refractivity contribution is -0.157. The lowest BCUT2D eigenvalue weighted by atomic mass is 9.70. The van der Waals surface area contributed by atoms with E-state index in [0.717, 1.165) is 50.2 Å². The van der Waals surface area contributed by atoms with Gasteiger partial charge >= 0.3 is 5.97 Å². The molecule has 1 aromatic carbocycles. The van der Waals surface area contributed by atoms with Crippen molar-refractivity contribution in [3.63, 3.8) is 0 Å². The zero-order valence-corrected chi connectivity index (χ0v) is 18.8. The molecule has 0 aliphatic carbocycles. The minimum atomic E-state index is -0.666. The number of benzene rings is 1. The highest BCUT2D eigenvalue weighted by Gasteiger charge is 2.50. The second-order valence-electron chi connectivity index (χ2n) is 7.92. The van der Waals surface area contributed by atoms with Crippen molar-refractivity contribution in [2.24, 2.45) is 5.41 Å². The minimum Gasteiger partial charge on any atom is -0.496 e. The SMILES string of the molecule is COc1ccc(CN2CC[C@H]3NCCC[C@]3(C(=O)O)C2)cc1Cn1cccn1.Cl.Cl. The summed E-state index contributed by atoms with van der Waals surface area (Å²) in [6, 6.07) is 8.21. The molecule has 2 atom stereocenters. The average Bonchev–Trinajstić information content (AvgIpc) is 3.21. The number of fused-ring (bicyclic) bond motifs is 1. The fraction of sp³-hybridized carbons (Fsp3) is 0.524. The molecule has 2 N–H and O–H groups in total. The third-order valence-electron chi connectivity index (χ3n) is 6.17. The molecular weight excluding hydrogens is 427 g/mol. The van der Waals surface area contributed by atoms with E-state index in [1.165, 1.54) is 5.56 Å². The van der Waals surface area contributed by atoms with Gasteiger partial charge in [0.15, 0.2) is 0 Å². The van der Waals surface area contributed by atoms with Gasteiger partial charge in [-0.3, -0.25) is 14.4 Å². The second-order valence-corrected chi connectivity index (χ2v) is 7.92. The summed E-state index contributed by atoms with van der Waals surface area (Å²) >= 11 is 0. The van der Waals surface area contributed by atoms with Crippen LogP contribution in [-0.2, 0) is 17.9 Å². The molecule has 0 unspecified atom stereocenters. The molecule has 0 bridgehead atoms. The van der Waals surface area contributed by atoms with Crippen LogP contribution in [0.4, 0.5) is 0 Å². The first kappa shape index (κ1) is 24.5. The van der Waals surface area contributed by atoms with Crippen molar-refractivity contribution in [2.75, 3.05) is 26.7 Å². The molecule has 2 aliphatic heterocycles. The molecule has 166 valence electrons. The van der Waals surface area contributed by atoms with Gasteiger partial charge in [0.2, 0.25) is 0 Å². The van der Waals surface area contributed by atoms with E-state index in [1.54, 1.807) is 13.3 Å². The molecular formula is C21H30Cl2N4O3. The molecule has 2 fully saturated rings. The normalized spacial score (nSPS) is 23.6. The number of nitrogens with one attached hydrogen (secondary N) is 1. The number of aliphatic carboxylic acids is 1. The lowest BCUT2D eigenvalue weighted by Crippen LogP contribution is -2.62. The van der Waals surface area contributed by atoms with E-state index in [0.29, 0.717) is 13.1 Å². The van der Waals surface area contributed by atoms with E-state index in [4.69, 9.17) is 4.74 Å². The van der Waals surface area contributed by atoms with Crippen LogP contribution in [0.3, 0.4) is 0 Å². The van der Waals surface area contributed by atoms with Crippen molar-refractivity contribution in [1.82, 2.24) is 20.0 Å². The zero-order valence-electron chi connectivity index (χ0n) is 17.1. The third-order valence-corrected chi connectivity index (χ3v) is 6.17. The van der Waals surface area contributed by atoms with Crippen LogP contribution in [-0.4, -0.2) is 58.5 Å². The molecule has 3 heterocycles. The maximum Gasteiger partial charge on any atom is 0.312 e. The van der Waals surface area contributed by atoms with Crippen LogP contribution in [0.1, 0.15) is 30.4 Å². The summed E-state index contributed by atoms with van der Waals surface area (Å²) < 4.78 is 7.39. The van der Waals surface area contributed by atoms with Crippen molar-refractivity contribution in [2.45, 2.75) is 38.4 Å². The van der Waals surface area contributed by atoms with Crippen LogP contribution in [0.5, 0.6) is 5.75 Å². The van der Waals surface area contributed by atoms with Gasteiger partial charge in [-0.1, -0.05) is 6.07 Å². The van der Waals surface area contributed by atoms with Gasteiger partial charge in [0.05, 0.1) is 19.1 Å². The minimum absolute atomic E-state index is 0. The van der Waals surface area contributed by atoms with Crippen LogP contribution >= 0.6 is 24.8 Å². The second kappa shape index (κ2) is 10.5. The molecule has 2 saturated heterocycles. The molecule has 0 radical (unpaired) electrons. The molecule has 0 amide bonds. The first-order chi connectivity index (χ1) is 13.6. The van der Waals surface area contributed by atoms with E-state index in [-0.39, 0.29) is 30.9 Å². The van der Waals surface area contributed by atoms with Crippen molar-refractivity contribution in [3.8, 4) is 5.75 Å². The topological polar surface area (TPSA) is 79.6 Å². The fourth-order valence-electron chi connectivity index (χ4n) is 4.75. The monoisotopic (exact) mass is 456 g/mol. The summed E-state index contributed by atoms with van der Waals surface area (Å²) in [7, 11) is 1.68. The maximum absolute atomic E-state index is 12.1. The number of aromatic nitrogens is 2.